The van der Waals surface area contributed by atoms with Crippen molar-refractivity contribution in [2.24, 2.45) is 4.99 Å². The third kappa shape index (κ3) is 1.48. The van der Waals surface area contributed by atoms with Crippen LogP contribution >= 0.6 is 15.9 Å². The highest BCUT2D eigenvalue weighted by atomic mass is 79.9. The Hall–Kier alpha value is -0.930. The molecule has 0 spiro atoms. The Balaban J connectivity index is 2.85. The molecule has 5 heteroatoms. The molecule has 1 aliphatic rings. The van der Waals surface area contributed by atoms with Crippen LogP contribution in [0.1, 0.15) is 0 Å². The molecule has 0 N–H and O–H groups in total. The smallest absolute Gasteiger partial charge is 0.104 e. The monoisotopic (exact) mass is 185 g/mol. The summed E-state index contributed by atoms with van der Waals surface area (Å²) in [5, 5.41) is 8.26. The first-order valence-corrected chi connectivity index (χ1v) is 2.93. The first-order valence-electron chi connectivity index (χ1n) is 2.13. The molecule has 1 heterocycles. The molecule has 0 atom stereocenters. The predicted molar refractivity (Wildman–Crippen MR) is 37.5 cm³/mol. The average molecular weight is 186 g/mol. The van der Waals surface area contributed by atoms with Crippen molar-refractivity contribution in [3.63, 3.8) is 0 Å². The van der Waals surface area contributed by atoms with Gasteiger partial charge in [0.2, 0.25) is 0 Å². The van der Waals surface area contributed by atoms with E-state index in [0.29, 0.717) is 4.74 Å². The number of rotatable bonds is 0. The lowest BCUT2D eigenvalue weighted by Gasteiger charge is -2.17. The fourth-order valence-corrected chi connectivity index (χ4v) is 0.651. The van der Waals surface area contributed by atoms with Crippen molar-refractivity contribution in [3.05, 3.63) is 23.2 Å². The number of aliphatic imine (C=N–C) groups is 1. The average Bonchev–Trinajstić information content (AvgIpc) is 1.88. The Labute approximate surface area is 60.2 Å². The molecule has 0 unspecified atom stereocenters. The highest BCUT2D eigenvalue weighted by molar-refractivity contribution is 9.18. The molecule has 0 aliphatic carbocycles. The lowest BCUT2D eigenvalue weighted by Crippen LogP contribution is -2.02. The maximum Gasteiger partial charge on any atom is 0.104 e. The lowest BCUT2D eigenvalue weighted by atomic mass is 10.8. The van der Waals surface area contributed by atoms with Crippen LogP contribution in [0.15, 0.2) is 17.4 Å². The zero-order chi connectivity index (χ0) is 6.69. The van der Waals surface area contributed by atoms with Crippen LogP contribution in [0.2, 0.25) is 0 Å². The molecule has 0 aromatic heterocycles. The molecule has 9 heavy (non-hydrogen) atoms. The molecular weight excluding hydrogens is 184 g/mol. The molecule has 0 bridgehead atoms. The van der Waals surface area contributed by atoms with E-state index in [1.165, 1.54) is 12.4 Å². The Morgan fingerprint density at radius 1 is 1.89 bits per heavy atom. The summed E-state index contributed by atoms with van der Waals surface area (Å²) in [5.74, 6) is 0. The Kier molecular flexibility index (Phi) is 1.77. The summed E-state index contributed by atoms with van der Waals surface area (Å²) in [4.78, 5) is 3.72. The maximum absolute atomic E-state index is 8.26. The van der Waals surface area contributed by atoms with Gasteiger partial charge in [-0.25, -0.2) is 0 Å². The van der Waals surface area contributed by atoms with Crippen LogP contribution in [0.25, 0.3) is 10.8 Å². The fraction of sp³-hybridized carbons (Fsp3) is 0. The summed E-state index contributed by atoms with van der Waals surface area (Å²) in [7, 11) is 0. The van der Waals surface area contributed by atoms with Crippen molar-refractivity contribution >= 4 is 26.7 Å². The van der Waals surface area contributed by atoms with E-state index in [1.54, 1.807) is 6.01 Å². The van der Waals surface area contributed by atoms with Gasteiger partial charge >= 0.3 is 0 Å². The largest absolute Gasteiger partial charge is 0.434 e. The molecule has 46 valence electrons. The van der Waals surface area contributed by atoms with Crippen molar-refractivity contribution < 1.29 is 4.68 Å². The molecule has 1 aliphatic heterocycles. The number of hydrogen-bond acceptors (Lipinski definition) is 1. The summed E-state index contributed by atoms with van der Waals surface area (Å²) < 4.78 is 1.52. The minimum Gasteiger partial charge on any atom is -0.434 e. The lowest BCUT2D eigenvalue weighted by molar-refractivity contribution is -0.384. The minimum absolute atomic E-state index is 0.409. The van der Waals surface area contributed by atoms with Crippen molar-refractivity contribution in [2.45, 2.75) is 0 Å². The third-order valence-electron chi connectivity index (χ3n) is 0.682. The summed E-state index contributed by atoms with van der Waals surface area (Å²) in [5.41, 5.74) is 3.65. The van der Waals surface area contributed by atoms with Crippen molar-refractivity contribution in [1.82, 2.24) is 0 Å². The molecule has 4 nitrogen and oxygen atoms in total. The van der Waals surface area contributed by atoms with E-state index in [9.17, 15) is 0 Å². The summed E-state index contributed by atoms with van der Waals surface area (Å²) >= 11 is 3.01. The third-order valence-corrected chi connectivity index (χ3v) is 1.04. The molecule has 1 rings (SSSR count). The normalized spacial score (nSPS) is 16.1. The van der Waals surface area contributed by atoms with E-state index >= 15 is 0 Å². The van der Waals surface area contributed by atoms with Crippen LogP contribution in [0, 0.1) is 0 Å². The first-order chi connectivity index (χ1) is 4.33. The van der Waals surface area contributed by atoms with Gasteiger partial charge in [-0.1, -0.05) is 27.5 Å². The summed E-state index contributed by atoms with van der Waals surface area (Å²) in [6.45, 7) is 0. The number of hydrogen-bond donors (Lipinski definition) is 0. The van der Waals surface area contributed by atoms with Crippen LogP contribution in [-0.4, -0.2) is 15.4 Å². The van der Waals surface area contributed by atoms with E-state index in [4.69, 9.17) is 5.41 Å². The zero-order valence-electron chi connectivity index (χ0n) is 4.32. The van der Waals surface area contributed by atoms with E-state index in [2.05, 4.69) is 26.3 Å². The van der Waals surface area contributed by atoms with Gasteiger partial charge in [-0.3, -0.25) is 4.68 Å². The van der Waals surface area contributed by atoms with Crippen LogP contribution in [0.4, 0.5) is 0 Å². The minimum atomic E-state index is 0.409. The van der Waals surface area contributed by atoms with Gasteiger partial charge in [0, 0.05) is 10.9 Å². The number of amidine groups is 1. The standard InChI is InChI=1S/C4H2BrN4/c5-4-7-1-2-9(3-6)8-4/h1-2H/q-1. The molecule has 0 saturated heterocycles. The molecule has 0 amide bonds. The molecule has 0 aromatic rings. The van der Waals surface area contributed by atoms with Gasteiger partial charge in [-0.15, -0.1) is 0 Å². The van der Waals surface area contributed by atoms with Crippen molar-refractivity contribution in [3.8, 4) is 0 Å². The topological polar surface area (TPSA) is 51.8 Å². The molecular formula is C4H2BrN4-. The Morgan fingerprint density at radius 3 is 3.11 bits per heavy atom. The second kappa shape index (κ2) is 2.57. The van der Waals surface area contributed by atoms with E-state index in [-0.39, 0.29) is 0 Å². The summed E-state index contributed by atoms with van der Waals surface area (Å²) in [6.07, 6.45) is 2.95. The predicted octanol–water partition coefficient (Wildman–Crippen LogP) is 1.27. The van der Waals surface area contributed by atoms with Gasteiger partial charge in [0.05, 0.1) is 0 Å². The van der Waals surface area contributed by atoms with Gasteiger partial charge < -0.3 is 10.4 Å². The van der Waals surface area contributed by atoms with E-state index < -0.39 is 0 Å². The van der Waals surface area contributed by atoms with Gasteiger partial charge in [0.1, 0.15) is 6.01 Å². The highest BCUT2D eigenvalue weighted by Gasteiger charge is 1.83. The molecule has 0 fully saturated rings. The van der Waals surface area contributed by atoms with Crippen LogP contribution in [0.3, 0.4) is 0 Å². The SMILES string of the molecule is [N-]=C=[N+]1C=CN=C(Br)[N-]1. The molecule has 0 saturated carbocycles. The van der Waals surface area contributed by atoms with Crippen molar-refractivity contribution in [1.29, 1.82) is 0 Å². The quantitative estimate of drug-likeness (QED) is 0.310. The maximum atomic E-state index is 8.26. The van der Waals surface area contributed by atoms with Crippen LogP contribution < -0.4 is 0 Å². The highest BCUT2D eigenvalue weighted by Crippen LogP contribution is 2.05. The summed E-state index contributed by atoms with van der Waals surface area (Å²) in [6, 6.07) is 1.80. The van der Waals surface area contributed by atoms with E-state index in [1.807, 2.05) is 0 Å². The van der Waals surface area contributed by atoms with Crippen LogP contribution in [0.5, 0.6) is 0 Å². The zero-order valence-corrected chi connectivity index (χ0v) is 5.91. The molecule has 0 radical (unpaired) electrons. The van der Waals surface area contributed by atoms with E-state index in [0.717, 1.165) is 4.68 Å². The Bertz CT molecular complexity index is 223. The van der Waals surface area contributed by atoms with Gasteiger partial charge in [0.15, 0.2) is 0 Å². The molecule has 0 aromatic carbocycles. The Morgan fingerprint density at radius 2 is 2.67 bits per heavy atom. The number of nitrogens with zero attached hydrogens (tertiary/aromatic N) is 4. The van der Waals surface area contributed by atoms with Gasteiger partial charge in [-0.05, 0) is 0 Å². The van der Waals surface area contributed by atoms with Gasteiger partial charge in [0.25, 0.3) is 0 Å². The van der Waals surface area contributed by atoms with Crippen LogP contribution in [-0.2, 0) is 0 Å². The van der Waals surface area contributed by atoms with Crippen molar-refractivity contribution in [2.75, 3.05) is 0 Å². The first kappa shape index (κ1) is 6.19. The second-order valence-electron chi connectivity index (χ2n) is 1.24. The fourth-order valence-electron chi connectivity index (χ4n) is 0.362. The van der Waals surface area contributed by atoms with Gasteiger partial charge in [-0.2, -0.15) is 0 Å². The number of halogens is 1. The second-order valence-corrected chi connectivity index (χ2v) is 1.95.